The van der Waals surface area contributed by atoms with E-state index in [0.29, 0.717) is 17.6 Å². The van der Waals surface area contributed by atoms with Gasteiger partial charge in [0.15, 0.2) is 6.61 Å². The third-order valence-electron chi connectivity index (χ3n) is 3.92. The van der Waals surface area contributed by atoms with Gasteiger partial charge >= 0.3 is 0 Å². The Bertz CT molecular complexity index is 578. The third kappa shape index (κ3) is 3.07. The number of nitrogens with zero attached hydrogens (tertiary/aromatic N) is 1. The summed E-state index contributed by atoms with van der Waals surface area (Å²) >= 11 is 0. The van der Waals surface area contributed by atoms with Gasteiger partial charge < -0.3 is 9.47 Å². The van der Waals surface area contributed by atoms with Crippen molar-refractivity contribution in [3.8, 4) is 11.5 Å². The molecule has 0 spiro atoms. The highest BCUT2D eigenvalue weighted by Gasteiger charge is 2.37. The Labute approximate surface area is 123 Å². The van der Waals surface area contributed by atoms with Crippen molar-refractivity contribution in [2.24, 2.45) is 16.9 Å². The molecule has 5 heteroatoms. The van der Waals surface area contributed by atoms with Gasteiger partial charge in [0.2, 0.25) is 0 Å². The van der Waals surface area contributed by atoms with Gasteiger partial charge in [-0.25, -0.2) is 5.43 Å². The lowest BCUT2D eigenvalue weighted by Gasteiger charge is -2.31. The molecule has 0 heterocycles. The summed E-state index contributed by atoms with van der Waals surface area (Å²) in [7, 11) is 1.60. The monoisotopic (exact) mass is 286 g/mol. The van der Waals surface area contributed by atoms with Crippen molar-refractivity contribution in [3.63, 3.8) is 0 Å². The first-order valence-electron chi connectivity index (χ1n) is 7.05. The summed E-state index contributed by atoms with van der Waals surface area (Å²) in [6, 6.07) is 7.10. The topological polar surface area (TPSA) is 59.9 Å². The van der Waals surface area contributed by atoms with Crippen molar-refractivity contribution >= 4 is 11.6 Å². The van der Waals surface area contributed by atoms with Crippen LogP contribution < -0.4 is 14.9 Å². The molecule has 2 atom stereocenters. The summed E-state index contributed by atoms with van der Waals surface area (Å²) in [5.41, 5.74) is 3.65. The van der Waals surface area contributed by atoms with Crippen LogP contribution in [0.4, 0.5) is 0 Å². The lowest BCUT2D eigenvalue weighted by atomic mass is 9.74. The fourth-order valence-electron chi connectivity index (χ4n) is 2.65. The zero-order valence-corrected chi connectivity index (χ0v) is 11.9. The van der Waals surface area contributed by atoms with Crippen LogP contribution in [-0.2, 0) is 4.79 Å². The minimum atomic E-state index is -0.243. The van der Waals surface area contributed by atoms with Gasteiger partial charge in [-0.2, -0.15) is 5.10 Å². The molecule has 0 aliphatic heterocycles. The van der Waals surface area contributed by atoms with E-state index in [4.69, 9.17) is 9.47 Å². The molecule has 2 aliphatic rings. The molecule has 110 valence electrons. The largest absolute Gasteiger partial charge is 0.497 e. The lowest BCUT2D eigenvalue weighted by Crippen LogP contribution is -2.36. The van der Waals surface area contributed by atoms with E-state index in [9.17, 15) is 4.79 Å². The van der Waals surface area contributed by atoms with Crippen LogP contribution in [0.15, 0.2) is 41.5 Å². The van der Waals surface area contributed by atoms with Crippen molar-refractivity contribution in [1.82, 2.24) is 5.43 Å². The summed E-state index contributed by atoms with van der Waals surface area (Å²) in [4.78, 5) is 11.7. The molecule has 3 rings (SSSR count). The van der Waals surface area contributed by atoms with E-state index in [-0.39, 0.29) is 12.5 Å². The first-order chi connectivity index (χ1) is 10.3. The molecule has 1 fully saturated rings. The summed E-state index contributed by atoms with van der Waals surface area (Å²) in [6.07, 6.45) is 6.42. The summed E-state index contributed by atoms with van der Waals surface area (Å²) < 4.78 is 10.4. The van der Waals surface area contributed by atoms with Crippen LogP contribution in [0.25, 0.3) is 0 Å². The Morgan fingerprint density at radius 3 is 2.81 bits per heavy atom. The van der Waals surface area contributed by atoms with E-state index >= 15 is 0 Å². The molecule has 0 radical (unpaired) electrons. The number of amides is 1. The molecule has 1 N–H and O–H groups in total. The Kier molecular flexibility index (Phi) is 3.90. The Balaban J connectivity index is 1.43. The molecule has 0 bridgehead atoms. The zero-order chi connectivity index (χ0) is 14.7. The molecule has 1 amide bonds. The second-order valence-electron chi connectivity index (χ2n) is 5.24. The van der Waals surface area contributed by atoms with Crippen molar-refractivity contribution in [2.75, 3.05) is 13.7 Å². The zero-order valence-electron chi connectivity index (χ0n) is 11.9. The molecule has 2 aliphatic carbocycles. The van der Waals surface area contributed by atoms with Gasteiger partial charge in [0.05, 0.1) is 7.11 Å². The normalized spacial score (nSPS) is 24.3. The van der Waals surface area contributed by atoms with Crippen LogP contribution in [0.3, 0.4) is 0 Å². The van der Waals surface area contributed by atoms with Gasteiger partial charge in [0.1, 0.15) is 11.5 Å². The maximum Gasteiger partial charge on any atom is 0.277 e. The van der Waals surface area contributed by atoms with Gasteiger partial charge in [-0.3, -0.25) is 4.79 Å². The third-order valence-corrected chi connectivity index (χ3v) is 3.92. The van der Waals surface area contributed by atoms with Crippen molar-refractivity contribution in [1.29, 1.82) is 0 Å². The van der Waals surface area contributed by atoms with E-state index in [2.05, 4.69) is 22.7 Å². The average Bonchev–Trinajstić information content (AvgIpc) is 2.87. The Morgan fingerprint density at radius 2 is 2.10 bits per heavy atom. The molecule has 1 saturated carbocycles. The van der Waals surface area contributed by atoms with Crippen LogP contribution in [0.5, 0.6) is 11.5 Å². The number of benzene rings is 1. The Hall–Kier alpha value is -2.30. The summed E-state index contributed by atoms with van der Waals surface area (Å²) in [5.74, 6) is 2.28. The van der Waals surface area contributed by atoms with Crippen LogP contribution in [-0.4, -0.2) is 25.3 Å². The fraction of sp³-hybridized carbons (Fsp3) is 0.375. The number of fused-ring (bicyclic) bond motifs is 1. The standard InChI is InChI=1S/C16H18N2O3/c1-20-12-5-7-13(8-6-12)21-10-16(19)18-17-15-9-11-3-2-4-14(11)15/h2-3,5-8,11,14H,4,9-10H2,1H3,(H,18,19)/b17-15+/t11-,14-/m1/s1. The maximum absolute atomic E-state index is 11.7. The number of ether oxygens (including phenoxy) is 2. The van der Waals surface area contributed by atoms with Crippen molar-refractivity contribution in [3.05, 3.63) is 36.4 Å². The van der Waals surface area contributed by atoms with Gasteiger partial charge in [-0.05, 0) is 43.0 Å². The minimum absolute atomic E-state index is 0.0462. The van der Waals surface area contributed by atoms with E-state index in [0.717, 1.165) is 24.3 Å². The summed E-state index contributed by atoms with van der Waals surface area (Å²) in [6.45, 7) is -0.0462. The average molecular weight is 286 g/mol. The van der Waals surface area contributed by atoms with E-state index in [1.54, 1.807) is 31.4 Å². The molecule has 5 nitrogen and oxygen atoms in total. The molecule has 21 heavy (non-hydrogen) atoms. The van der Waals surface area contributed by atoms with E-state index in [1.165, 1.54) is 0 Å². The molecule has 0 saturated heterocycles. The molecule has 1 aromatic carbocycles. The van der Waals surface area contributed by atoms with Gasteiger partial charge in [-0.1, -0.05) is 12.2 Å². The molecule has 0 aromatic heterocycles. The first-order valence-corrected chi connectivity index (χ1v) is 7.05. The van der Waals surface area contributed by atoms with E-state index < -0.39 is 0 Å². The van der Waals surface area contributed by atoms with Crippen LogP contribution in [0.1, 0.15) is 12.8 Å². The first kappa shape index (κ1) is 13.7. The highest BCUT2D eigenvalue weighted by molar-refractivity contribution is 5.94. The van der Waals surface area contributed by atoms with Crippen LogP contribution in [0.2, 0.25) is 0 Å². The highest BCUT2D eigenvalue weighted by Crippen LogP contribution is 2.39. The van der Waals surface area contributed by atoms with Crippen LogP contribution >= 0.6 is 0 Å². The molecular weight excluding hydrogens is 268 g/mol. The summed E-state index contributed by atoms with van der Waals surface area (Å²) in [5, 5.41) is 4.19. The van der Waals surface area contributed by atoms with Crippen LogP contribution in [0, 0.1) is 11.8 Å². The molecular formula is C16H18N2O3. The number of hydrogen-bond acceptors (Lipinski definition) is 4. The van der Waals surface area contributed by atoms with E-state index in [1.807, 2.05) is 0 Å². The SMILES string of the molecule is COc1ccc(OCC(=O)N/N=C2\C[C@H]3C=CC[C@@H]23)cc1. The number of hydrazone groups is 1. The number of rotatable bonds is 5. The second-order valence-corrected chi connectivity index (χ2v) is 5.24. The second kappa shape index (κ2) is 5.99. The maximum atomic E-state index is 11.7. The molecule has 0 unspecified atom stereocenters. The number of allylic oxidation sites excluding steroid dienone is 2. The van der Waals surface area contributed by atoms with Crippen molar-refractivity contribution < 1.29 is 14.3 Å². The lowest BCUT2D eigenvalue weighted by molar-refractivity contribution is -0.123. The number of hydrogen-bond donors (Lipinski definition) is 1. The minimum Gasteiger partial charge on any atom is -0.497 e. The van der Waals surface area contributed by atoms with Gasteiger partial charge in [0, 0.05) is 11.6 Å². The number of carbonyl (C=O) groups excluding carboxylic acids is 1. The molecule has 1 aromatic rings. The van der Waals surface area contributed by atoms with Gasteiger partial charge in [0.25, 0.3) is 5.91 Å². The Morgan fingerprint density at radius 1 is 1.33 bits per heavy atom. The van der Waals surface area contributed by atoms with Crippen molar-refractivity contribution in [2.45, 2.75) is 12.8 Å². The van der Waals surface area contributed by atoms with Gasteiger partial charge in [-0.15, -0.1) is 0 Å². The predicted molar refractivity (Wildman–Crippen MR) is 79.4 cm³/mol. The predicted octanol–water partition coefficient (Wildman–Crippen LogP) is 2.14. The smallest absolute Gasteiger partial charge is 0.277 e. The highest BCUT2D eigenvalue weighted by atomic mass is 16.5. The fourth-order valence-corrected chi connectivity index (χ4v) is 2.65. The number of carbonyl (C=O) groups is 1. The number of methoxy groups -OCH3 is 1. The quantitative estimate of drug-likeness (QED) is 0.666. The number of nitrogens with one attached hydrogen (secondary N) is 1.